The molecular formula is C38H63N5O7S. The van der Waals surface area contributed by atoms with E-state index in [4.69, 9.17) is 0 Å². The number of sulfone groups is 1. The quantitative estimate of drug-likeness (QED) is 0.204. The summed E-state index contributed by atoms with van der Waals surface area (Å²) in [6, 6.07) is -3.95. The first-order valence-electron chi connectivity index (χ1n) is 19.3. The molecule has 12 nitrogen and oxygen atoms in total. The van der Waals surface area contributed by atoms with Crippen LogP contribution in [0.1, 0.15) is 125 Å². The van der Waals surface area contributed by atoms with Gasteiger partial charge in [0.1, 0.15) is 12.1 Å². The number of Topliss-reactive ketones (excluding diaryl/α,β-unsaturated/α-hetero) is 1. The zero-order valence-electron chi connectivity index (χ0n) is 31.6. The van der Waals surface area contributed by atoms with Gasteiger partial charge in [-0.25, -0.2) is 13.2 Å². The lowest BCUT2D eigenvalue weighted by atomic mass is 9.84. The van der Waals surface area contributed by atoms with E-state index in [9.17, 15) is 32.4 Å². The van der Waals surface area contributed by atoms with Crippen molar-refractivity contribution in [3.63, 3.8) is 0 Å². The number of carbonyl (C=O) groups is 5. The molecule has 4 aliphatic rings. The van der Waals surface area contributed by atoms with E-state index in [-0.39, 0.29) is 41.4 Å². The zero-order valence-corrected chi connectivity index (χ0v) is 32.4. The molecule has 0 bridgehead atoms. The van der Waals surface area contributed by atoms with E-state index in [1.807, 2.05) is 0 Å². The fraction of sp³-hybridized carbons (Fsp3) is 0.816. The number of fused-ring (bicyclic) bond motifs is 3. The highest BCUT2D eigenvalue weighted by atomic mass is 32.2. The summed E-state index contributed by atoms with van der Waals surface area (Å²) in [5.41, 5.74) is -0.188. The van der Waals surface area contributed by atoms with Crippen LogP contribution in [0.4, 0.5) is 4.79 Å². The smallest absolute Gasteiger partial charge is 0.315 e. The van der Waals surface area contributed by atoms with Crippen LogP contribution >= 0.6 is 0 Å². The highest BCUT2D eigenvalue weighted by Crippen LogP contribution is 2.65. The van der Waals surface area contributed by atoms with Gasteiger partial charge in [-0.05, 0) is 69.6 Å². The second-order valence-electron chi connectivity index (χ2n) is 16.9. The van der Waals surface area contributed by atoms with Crippen molar-refractivity contribution in [2.45, 2.75) is 153 Å². The number of nitrogens with zero attached hydrogens (tertiary/aromatic N) is 1. The number of carbonyl (C=O) groups excluding carboxylic acids is 5. The maximum absolute atomic E-state index is 14.4. The fourth-order valence-electron chi connectivity index (χ4n) is 8.47. The third-order valence-corrected chi connectivity index (χ3v) is 14.6. The lowest BCUT2D eigenvalue weighted by molar-refractivity contribution is -0.144. The minimum absolute atomic E-state index is 0.0184. The van der Waals surface area contributed by atoms with Crippen molar-refractivity contribution in [2.75, 3.05) is 18.8 Å². The van der Waals surface area contributed by atoms with E-state index < -0.39 is 62.4 Å². The predicted octanol–water partition coefficient (Wildman–Crippen LogP) is 4.18. The van der Waals surface area contributed by atoms with Gasteiger partial charge >= 0.3 is 6.03 Å². The van der Waals surface area contributed by atoms with Crippen molar-refractivity contribution in [3.05, 3.63) is 12.7 Å². The Morgan fingerprint density at radius 2 is 1.51 bits per heavy atom. The normalized spacial score (nSPS) is 28.7. The molecule has 0 radical (unpaired) electrons. The number of piperidine rings is 1. The minimum atomic E-state index is -3.54. The highest BCUT2D eigenvalue weighted by molar-refractivity contribution is 7.92. The predicted molar refractivity (Wildman–Crippen MR) is 197 cm³/mol. The number of amides is 5. The molecule has 2 saturated heterocycles. The van der Waals surface area contributed by atoms with E-state index >= 15 is 0 Å². The minimum Gasteiger partial charge on any atom is -0.346 e. The summed E-state index contributed by atoms with van der Waals surface area (Å²) in [6.07, 6.45) is 12.9. The maximum Gasteiger partial charge on any atom is 0.315 e. The molecule has 0 unspecified atom stereocenters. The highest BCUT2D eigenvalue weighted by Gasteiger charge is 2.69. The lowest BCUT2D eigenvalue weighted by Crippen LogP contribution is -2.59. The molecule has 4 rings (SSSR count). The monoisotopic (exact) mass is 733 g/mol. The van der Waals surface area contributed by atoms with Gasteiger partial charge in [0.15, 0.2) is 9.84 Å². The number of hydrogen-bond acceptors (Lipinski definition) is 7. The summed E-state index contributed by atoms with van der Waals surface area (Å²) in [5, 5.41) is 11.3. The molecule has 2 aliphatic carbocycles. The Morgan fingerprint density at radius 3 is 2.12 bits per heavy atom. The van der Waals surface area contributed by atoms with Crippen LogP contribution in [0.3, 0.4) is 0 Å². The van der Waals surface area contributed by atoms with Crippen LogP contribution in [0.15, 0.2) is 12.7 Å². The first-order valence-corrected chi connectivity index (χ1v) is 21.0. The van der Waals surface area contributed by atoms with Gasteiger partial charge in [0.25, 0.3) is 5.91 Å². The average Bonchev–Trinajstić information content (AvgIpc) is 3.37. The van der Waals surface area contributed by atoms with Crippen LogP contribution in [0.5, 0.6) is 0 Å². The largest absolute Gasteiger partial charge is 0.346 e. The molecule has 2 heterocycles. The number of hydrogen-bond donors (Lipinski definition) is 4. The Labute approximate surface area is 305 Å². The van der Waals surface area contributed by atoms with Crippen molar-refractivity contribution in [3.8, 4) is 0 Å². The van der Waals surface area contributed by atoms with Crippen molar-refractivity contribution in [1.82, 2.24) is 26.2 Å². The molecule has 6 atom stereocenters. The Morgan fingerprint density at radius 1 is 0.941 bits per heavy atom. The summed E-state index contributed by atoms with van der Waals surface area (Å²) >= 11 is 0. The second-order valence-corrected chi connectivity index (χ2v) is 19.7. The van der Waals surface area contributed by atoms with Gasteiger partial charge in [0, 0.05) is 19.1 Å². The molecule has 5 amide bonds. The van der Waals surface area contributed by atoms with Gasteiger partial charge in [-0.3, -0.25) is 19.2 Å². The average molecular weight is 734 g/mol. The van der Waals surface area contributed by atoms with Gasteiger partial charge in [-0.1, -0.05) is 84.1 Å². The second kappa shape index (κ2) is 17.2. The Balaban J connectivity index is 1.57. The molecule has 4 fully saturated rings. The molecule has 13 heteroatoms. The summed E-state index contributed by atoms with van der Waals surface area (Å²) in [5.74, 6) is -2.52. The molecule has 4 N–H and O–H groups in total. The van der Waals surface area contributed by atoms with Gasteiger partial charge in [-0.15, -0.1) is 6.58 Å². The summed E-state index contributed by atoms with van der Waals surface area (Å²) in [4.78, 5) is 69.8. The molecule has 2 aliphatic heterocycles. The van der Waals surface area contributed by atoms with E-state index in [2.05, 4.69) is 41.7 Å². The van der Waals surface area contributed by atoms with Crippen LogP contribution in [-0.2, 0) is 29.0 Å². The SMILES string of the molecule is C=CCNC(=O)C(=O)[C@@H]1CCCCCCCCC[C@H](NC(=O)N[C@H](CS(=O)(=O)C(C)(C)C)C2CCCCC2)C(=O)N2C[C@H]3[C@@H]([C@H]2C(=O)N1)C3(C)C. The molecule has 288 valence electrons. The van der Waals surface area contributed by atoms with Crippen LogP contribution in [0.25, 0.3) is 0 Å². The van der Waals surface area contributed by atoms with Crippen molar-refractivity contribution in [2.24, 2.45) is 23.2 Å². The van der Waals surface area contributed by atoms with Crippen LogP contribution in [0.2, 0.25) is 0 Å². The summed E-state index contributed by atoms with van der Waals surface area (Å²) in [6.45, 7) is 13.2. The summed E-state index contributed by atoms with van der Waals surface area (Å²) in [7, 11) is -3.54. The van der Waals surface area contributed by atoms with Crippen molar-refractivity contribution in [1.29, 1.82) is 0 Å². The number of ketones is 1. The third-order valence-electron chi connectivity index (χ3n) is 12.0. The van der Waals surface area contributed by atoms with Crippen LogP contribution < -0.4 is 21.3 Å². The van der Waals surface area contributed by atoms with E-state index in [0.29, 0.717) is 32.2 Å². The standard InChI is InChI=1S/C38H63N5O7S/c1-7-22-39-34(46)32(44)27-20-16-11-9-8-10-12-17-21-28(35(47)43-23-26-30(38(26,5)6)31(43)33(45)40-27)41-36(48)42-29(25-18-14-13-15-19-25)24-51(49,50)37(2,3)4/h7,25-31H,1,8-24H2,2-6H3,(H,39,46)(H,40,45)(H2,41,42,48)/t26-,27-,28-,29+,30-,31-/m0/s1. The lowest BCUT2D eigenvalue weighted by Gasteiger charge is -2.35. The van der Waals surface area contributed by atoms with E-state index in [1.165, 1.54) is 6.08 Å². The molecular weight excluding hydrogens is 671 g/mol. The molecule has 51 heavy (non-hydrogen) atoms. The zero-order chi connectivity index (χ0) is 37.6. The van der Waals surface area contributed by atoms with Crippen LogP contribution in [-0.4, -0.2) is 90.6 Å². The van der Waals surface area contributed by atoms with Crippen LogP contribution in [0, 0.1) is 23.2 Å². The number of nitrogens with one attached hydrogen (secondary N) is 4. The molecule has 2 saturated carbocycles. The first-order chi connectivity index (χ1) is 24.0. The molecule has 0 spiro atoms. The number of rotatable bonds is 9. The Bertz CT molecular complexity index is 1400. The van der Waals surface area contributed by atoms with Crippen molar-refractivity contribution < 1.29 is 32.4 Å². The number of urea groups is 1. The summed E-state index contributed by atoms with van der Waals surface area (Å²) < 4.78 is 25.7. The van der Waals surface area contributed by atoms with Gasteiger partial charge < -0.3 is 26.2 Å². The first kappa shape index (κ1) is 40.8. The van der Waals surface area contributed by atoms with Gasteiger partial charge in [0.2, 0.25) is 17.6 Å². The van der Waals surface area contributed by atoms with E-state index in [1.54, 1.807) is 25.7 Å². The third kappa shape index (κ3) is 10.1. The van der Waals surface area contributed by atoms with Crippen molar-refractivity contribution >= 4 is 39.4 Å². The van der Waals surface area contributed by atoms with Gasteiger partial charge in [0.05, 0.1) is 16.5 Å². The molecule has 0 aromatic heterocycles. The maximum atomic E-state index is 14.4. The Kier molecular flexibility index (Phi) is 13.8. The Hall–Kier alpha value is -2.96. The van der Waals surface area contributed by atoms with E-state index in [0.717, 1.165) is 64.2 Å². The van der Waals surface area contributed by atoms with Gasteiger partial charge in [-0.2, -0.15) is 0 Å². The molecule has 0 aromatic carbocycles. The molecule has 0 aromatic rings. The fourth-order valence-corrected chi connectivity index (χ4v) is 9.80. The topological polar surface area (TPSA) is 171 Å².